The van der Waals surface area contributed by atoms with Crippen LogP contribution < -0.4 is 0 Å². The summed E-state index contributed by atoms with van der Waals surface area (Å²) in [5.41, 5.74) is 9.12. The molecule has 0 amide bonds. The number of benzene rings is 2. The van der Waals surface area contributed by atoms with Crippen LogP contribution in [0.25, 0.3) is 17.2 Å². The molecule has 2 aromatic carbocycles. The molecule has 25 heavy (non-hydrogen) atoms. The van der Waals surface area contributed by atoms with E-state index in [0.717, 1.165) is 3.63 Å². The van der Waals surface area contributed by atoms with Crippen molar-refractivity contribution in [1.82, 2.24) is 0 Å². The first kappa shape index (κ1) is 18.8. The summed E-state index contributed by atoms with van der Waals surface area (Å²) in [6.45, 7) is 11.5. The Balaban J connectivity index is 2.09. The molecule has 0 N–H and O–H groups in total. The predicted octanol–water partition coefficient (Wildman–Crippen LogP) is 7.46. The summed E-state index contributed by atoms with van der Waals surface area (Å²) in [5, 5.41) is 0. The Kier molecular flexibility index (Phi) is 5.27. The Morgan fingerprint density at radius 2 is 1.56 bits per heavy atom. The molecule has 0 bridgehead atoms. The van der Waals surface area contributed by atoms with Crippen LogP contribution >= 0.6 is 0 Å². The fraction of sp³-hybridized carbons (Fsp3) is 0.417. The molecule has 0 heterocycles. The van der Waals surface area contributed by atoms with Crippen molar-refractivity contribution in [3.8, 4) is 11.1 Å². The van der Waals surface area contributed by atoms with Crippen LogP contribution in [-0.4, -0.2) is 0 Å². The number of rotatable bonds is 3. The molecular weight excluding hydrogens is 379 g/mol. The van der Waals surface area contributed by atoms with Crippen LogP contribution in [0.1, 0.15) is 54.9 Å². The predicted molar refractivity (Wildman–Crippen MR) is 108 cm³/mol. The van der Waals surface area contributed by atoms with Gasteiger partial charge < -0.3 is 0 Å². The maximum absolute atomic E-state index is 2.54. The van der Waals surface area contributed by atoms with Gasteiger partial charge in [0.1, 0.15) is 0 Å². The van der Waals surface area contributed by atoms with E-state index in [4.69, 9.17) is 0 Å². The molecule has 1 atom stereocenters. The Labute approximate surface area is 162 Å². The molecule has 1 unspecified atom stereocenters. The standard InChI is InChI=1S/C22H25.2CH3.Zr/c1-15(2)18-13-17-7-6-8-20(21(17)14-18)16-9-11-19(12-10-16)22(3,4)5;;;/h6-15H,1-5H3;2*1H3;. The summed E-state index contributed by atoms with van der Waals surface area (Å²) in [4.78, 5) is 0. The summed E-state index contributed by atoms with van der Waals surface area (Å²) in [7, 11) is 0. The Morgan fingerprint density at radius 1 is 0.920 bits per heavy atom. The molecular formula is C24H31Zr. The van der Waals surface area contributed by atoms with Gasteiger partial charge >= 0.3 is 163 Å². The Morgan fingerprint density at radius 3 is 2.08 bits per heavy atom. The van der Waals surface area contributed by atoms with E-state index in [2.05, 4.69) is 92.4 Å². The van der Waals surface area contributed by atoms with E-state index >= 15 is 0 Å². The monoisotopic (exact) mass is 409 g/mol. The van der Waals surface area contributed by atoms with Crippen LogP contribution in [0.5, 0.6) is 0 Å². The van der Waals surface area contributed by atoms with Gasteiger partial charge in [0.2, 0.25) is 0 Å². The van der Waals surface area contributed by atoms with E-state index in [1.165, 1.54) is 22.3 Å². The van der Waals surface area contributed by atoms with Gasteiger partial charge in [0.25, 0.3) is 0 Å². The van der Waals surface area contributed by atoms with Crippen molar-refractivity contribution in [3.05, 3.63) is 64.7 Å². The average Bonchev–Trinajstić information content (AvgIpc) is 2.94. The van der Waals surface area contributed by atoms with E-state index in [1.807, 2.05) is 0 Å². The van der Waals surface area contributed by atoms with E-state index in [-0.39, 0.29) is 5.41 Å². The molecule has 0 spiro atoms. The number of fused-ring (bicyclic) bond motifs is 1. The molecule has 3 rings (SSSR count). The number of hydrogen-bond donors (Lipinski definition) is 0. The van der Waals surface area contributed by atoms with Gasteiger partial charge in [0.05, 0.1) is 0 Å². The molecule has 1 aliphatic carbocycles. The molecule has 0 nitrogen and oxygen atoms in total. The normalized spacial score (nSPS) is 16.8. The first-order valence-electron chi connectivity index (χ1n) is 9.45. The van der Waals surface area contributed by atoms with Crippen molar-refractivity contribution >= 4 is 6.08 Å². The molecule has 0 fully saturated rings. The number of allylic oxidation sites excluding steroid dienone is 1. The van der Waals surface area contributed by atoms with Crippen molar-refractivity contribution in [3.63, 3.8) is 0 Å². The quantitative estimate of drug-likeness (QED) is 0.492. The van der Waals surface area contributed by atoms with Crippen LogP contribution in [0.15, 0.2) is 48.0 Å². The van der Waals surface area contributed by atoms with Gasteiger partial charge in [-0.15, -0.1) is 0 Å². The zero-order chi connectivity index (χ0) is 18.4. The van der Waals surface area contributed by atoms with Crippen molar-refractivity contribution < 1.29 is 21.8 Å². The van der Waals surface area contributed by atoms with Gasteiger partial charge in [-0.25, -0.2) is 0 Å². The van der Waals surface area contributed by atoms with Gasteiger partial charge in [-0.2, -0.15) is 0 Å². The molecule has 0 radical (unpaired) electrons. The fourth-order valence-corrected chi connectivity index (χ4v) is 8.78. The zero-order valence-electron chi connectivity index (χ0n) is 16.8. The SMILES string of the molecule is CC(C)C1=Cc2c(-c3ccc(C(C)(C)C)cc3)cccc2[CH]1[Zr]([CH3])[CH3]. The molecule has 1 heteroatoms. The Hall–Kier alpha value is -0.937. The van der Waals surface area contributed by atoms with Crippen molar-refractivity contribution in [1.29, 1.82) is 0 Å². The first-order chi connectivity index (χ1) is 11.7. The van der Waals surface area contributed by atoms with E-state index in [0.29, 0.717) is 5.92 Å². The molecule has 1 aliphatic rings. The third-order valence-electron chi connectivity index (χ3n) is 5.40. The zero-order valence-corrected chi connectivity index (χ0v) is 19.2. The van der Waals surface area contributed by atoms with Crippen LogP contribution in [0.4, 0.5) is 0 Å². The van der Waals surface area contributed by atoms with Gasteiger partial charge in [0.15, 0.2) is 0 Å². The van der Waals surface area contributed by atoms with E-state index < -0.39 is 21.8 Å². The maximum atomic E-state index is 2.54. The minimum atomic E-state index is -1.38. The molecule has 2 aromatic rings. The molecule has 0 aliphatic heterocycles. The van der Waals surface area contributed by atoms with E-state index in [9.17, 15) is 0 Å². The topological polar surface area (TPSA) is 0 Å². The molecule has 0 saturated heterocycles. The summed E-state index contributed by atoms with van der Waals surface area (Å²) in [6.07, 6.45) is 2.52. The third-order valence-corrected chi connectivity index (χ3v) is 9.82. The number of hydrogen-bond acceptors (Lipinski definition) is 0. The van der Waals surface area contributed by atoms with Gasteiger partial charge in [0, 0.05) is 0 Å². The summed E-state index contributed by atoms with van der Waals surface area (Å²) < 4.78 is 5.85. The Bertz CT molecular complexity index is 786. The average molecular weight is 411 g/mol. The van der Waals surface area contributed by atoms with Crippen LogP contribution in [0.3, 0.4) is 0 Å². The summed E-state index contributed by atoms with van der Waals surface area (Å²) in [6, 6.07) is 16.2. The van der Waals surface area contributed by atoms with Crippen molar-refractivity contribution in [2.45, 2.75) is 52.9 Å². The van der Waals surface area contributed by atoms with Gasteiger partial charge in [-0.1, -0.05) is 0 Å². The molecule has 0 aromatic heterocycles. The summed E-state index contributed by atoms with van der Waals surface area (Å²) >= 11 is -1.38. The molecule has 131 valence electrons. The van der Waals surface area contributed by atoms with Gasteiger partial charge in [-0.3, -0.25) is 0 Å². The summed E-state index contributed by atoms with van der Waals surface area (Å²) in [5.74, 6) is 0.643. The van der Waals surface area contributed by atoms with Crippen LogP contribution in [-0.2, 0) is 27.2 Å². The van der Waals surface area contributed by atoms with Crippen LogP contribution in [0.2, 0.25) is 9.26 Å². The minimum absolute atomic E-state index is 0.207. The van der Waals surface area contributed by atoms with Crippen molar-refractivity contribution in [2.24, 2.45) is 5.92 Å². The third kappa shape index (κ3) is 3.63. The van der Waals surface area contributed by atoms with Crippen LogP contribution in [0, 0.1) is 5.92 Å². The fourth-order valence-electron chi connectivity index (χ4n) is 3.97. The second kappa shape index (κ2) is 6.99. The van der Waals surface area contributed by atoms with Gasteiger partial charge in [-0.05, 0) is 0 Å². The second-order valence-corrected chi connectivity index (χ2v) is 15.7. The first-order valence-corrected chi connectivity index (χ1v) is 15.8. The molecule has 0 saturated carbocycles. The van der Waals surface area contributed by atoms with Crippen molar-refractivity contribution in [2.75, 3.05) is 0 Å². The van der Waals surface area contributed by atoms with E-state index in [1.54, 1.807) is 11.1 Å². The second-order valence-electron chi connectivity index (χ2n) is 8.95.